The van der Waals surface area contributed by atoms with Crippen LogP contribution in [0.4, 0.5) is 4.39 Å². The molecule has 13 heavy (non-hydrogen) atoms. The first-order chi connectivity index (χ1) is 6.23. The lowest BCUT2D eigenvalue weighted by molar-refractivity contribution is -0.0117. The highest BCUT2D eigenvalue weighted by molar-refractivity contribution is 4.88. The Morgan fingerprint density at radius 3 is 2.54 bits per heavy atom. The molecule has 0 saturated carbocycles. The normalized spacial score (nSPS) is 24.2. The summed E-state index contributed by atoms with van der Waals surface area (Å²) in [4.78, 5) is 0. The predicted octanol–water partition coefficient (Wildman–Crippen LogP) is 1.88. The van der Waals surface area contributed by atoms with Crippen molar-refractivity contribution in [2.45, 2.75) is 38.3 Å². The molecule has 0 amide bonds. The van der Waals surface area contributed by atoms with Crippen LogP contribution in [0, 0.1) is 5.92 Å². The molecule has 1 saturated heterocycles. The summed E-state index contributed by atoms with van der Waals surface area (Å²) >= 11 is 0. The molecular weight excluding hydrogens is 169 g/mol. The van der Waals surface area contributed by atoms with E-state index in [4.69, 9.17) is 10.5 Å². The zero-order valence-electron chi connectivity index (χ0n) is 8.39. The minimum atomic E-state index is -1.14. The molecule has 2 N–H and O–H groups in total. The van der Waals surface area contributed by atoms with Gasteiger partial charge >= 0.3 is 0 Å². The zero-order chi connectivity index (χ0) is 9.73. The predicted molar refractivity (Wildman–Crippen MR) is 51.3 cm³/mol. The lowest BCUT2D eigenvalue weighted by Crippen LogP contribution is -2.43. The van der Waals surface area contributed by atoms with Crippen LogP contribution in [0.1, 0.15) is 32.6 Å². The van der Waals surface area contributed by atoms with Crippen LogP contribution < -0.4 is 5.73 Å². The summed E-state index contributed by atoms with van der Waals surface area (Å²) < 4.78 is 19.4. The van der Waals surface area contributed by atoms with E-state index in [0.29, 0.717) is 19.6 Å². The van der Waals surface area contributed by atoms with Crippen LogP contribution in [0.3, 0.4) is 0 Å². The Bertz CT molecular complexity index is 148. The van der Waals surface area contributed by atoms with E-state index in [1.165, 1.54) is 0 Å². The minimum absolute atomic E-state index is 0.117. The molecule has 0 aromatic heterocycles. The van der Waals surface area contributed by atoms with Crippen LogP contribution in [0.15, 0.2) is 0 Å². The first-order valence-corrected chi connectivity index (χ1v) is 5.19. The Hall–Kier alpha value is -0.150. The summed E-state index contributed by atoms with van der Waals surface area (Å²) in [6, 6.07) is 0. The molecular formula is C10H20FNO. The topological polar surface area (TPSA) is 35.2 Å². The third-order valence-corrected chi connectivity index (χ3v) is 2.96. The van der Waals surface area contributed by atoms with E-state index in [9.17, 15) is 4.39 Å². The van der Waals surface area contributed by atoms with Gasteiger partial charge in [-0.25, -0.2) is 4.39 Å². The number of alkyl halides is 1. The SMILES string of the molecule is CCCC(F)(CN)C1CCOCC1. The van der Waals surface area contributed by atoms with E-state index in [1.807, 2.05) is 6.92 Å². The molecule has 3 heteroatoms. The van der Waals surface area contributed by atoms with Crippen molar-refractivity contribution < 1.29 is 9.13 Å². The van der Waals surface area contributed by atoms with E-state index in [0.717, 1.165) is 19.3 Å². The second kappa shape index (κ2) is 4.91. The Morgan fingerprint density at radius 2 is 2.08 bits per heavy atom. The van der Waals surface area contributed by atoms with Crippen molar-refractivity contribution in [1.82, 2.24) is 0 Å². The molecule has 1 aliphatic rings. The fourth-order valence-corrected chi connectivity index (χ4v) is 2.10. The average Bonchev–Trinajstić information content (AvgIpc) is 2.19. The monoisotopic (exact) mass is 189 g/mol. The highest BCUT2D eigenvalue weighted by atomic mass is 19.1. The van der Waals surface area contributed by atoms with E-state index in [-0.39, 0.29) is 12.5 Å². The summed E-state index contributed by atoms with van der Waals surface area (Å²) in [6.07, 6.45) is 3.11. The van der Waals surface area contributed by atoms with Gasteiger partial charge in [-0.2, -0.15) is 0 Å². The number of hydrogen-bond acceptors (Lipinski definition) is 2. The van der Waals surface area contributed by atoms with E-state index >= 15 is 0 Å². The second-order valence-electron chi connectivity index (χ2n) is 3.88. The van der Waals surface area contributed by atoms with E-state index < -0.39 is 5.67 Å². The van der Waals surface area contributed by atoms with Crippen LogP contribution in [0.2, 0.25) is 0 Å². The summed E-state index contributed by atoms with van der Waals surface area (Å²) in [5, 5.41) is 0. The van der Waals surface area contributed by atoms with Crippen molar-refractivity contribution in [1.29, 1.82) is 0 Å². The van der Waals surface area contributed by atoms with Crippen LogP contribution in [-0.4, -0.2) is 25.4 Å². The molecule has 0 spiro atoms. The van der Waals surface area contributed by atoms with Gasteiger partial charge in [0.25, 0.3) is 0 Å². The molecule has 1 fully saturated rings. The van der Waals surface area contributed by atoms with Crippen molar-refractivity contribution >= 4 is 0 Å². The van der Waals surface area contributed by atoms with Gasteiger partial charge < -0.3 is 10.5 Å². The molecule has 1 rings (SSSR count). The van der Waals surface area contributed by atoms with Crippen molar-refractivity contribution in [2.24, 2.45) is 11.7 Å². The standard InChI is InChI=1S/C10H20FNO/c1-2-5-10(11,8-12)9-3-6-13-7-4-9/h9H,2-8,12H2,1H3. The first kappa shape index (κ1) is 10.9. The maximum absolute atomic E-state index is 14.2. The largest absolute Gasteiger partial charge is 0.381 e. The Labute approximate surface area is 79.6 Å². The lowest BCUT2D eigenvalue weighted by Gasteiger charge is -2.35. The van der Waals surface area contributed by atoms with Gasteiger partial charge in [-0.15, -0.1) is 0 Å². The Kier molecular flexibility index (Phi) is 4.13. The summed E-state index contributed by atoms with van der Waals surface area (Å²) in [6.45, 7) is 3.55. The van der Waals surface area contributed by atoms with Gasteiger partial charge in [0.05, 0.1) is 0 Å². The van der Waals surface area contributed by atoms with Gasteiger partial charge in [0.2, 0.25) is 0 Å². The highest BCUT2D eigenvalue weighted by Crippen LogP contribution is 2.33. The van der Waals surface area contributed by atoms with Crippen LogP contribution in [-0.2, 0) is 4.74 Å². The molecule has 1 aliphatic heterocycles. The third kappa shape index (κ3) is 2.64. The van der Waals surface area contributed by atoms with Crippen molar-refractivity contribution in [2.75, 3.05) is 19.8 Å². The van der Waals surface area contributed by atoms with Gasteiger partial charge in [0.1, 0.15) is 5.67 Å². The Balaban J connectivity index is 2.51. The number of hydrogen-bond donors (Lipinski definition) is 1. The summed E-state index contributed by atoms with van der Waals surface area (Å²) in [5.41, 5.74) is 4.37. The molecule has 0 aromatic carbocycles. The number of nitrogens with two attached hydrogens (primary N) is 1. The summed E-state index contributed by atoms with van der Waals surface area (Å²) in [5.74, 6) is 0.117. The molecule has 1 heterocycles. The number of halogens is 1. The van der Waals surface area contributed by atoms with Gasteiger partial charge in [-0.3, -0.25) is 0 Å². The van der Waals surface area contributed by atoms with E-state index in [1.54, 1.807) is 0 Å². The smallest absolute Gasteiger partial charge is 0.126 e. The van der Waals surface area contributed by atoms with Crippen LogP contribution in [0.5, 0.6) is 0 Å². The first-order valence-electron chi connectivity index (χ1n) is 5.19. The molecule has 0 bridgehead atoms. The second-order valence-corrected chi connectivity index (χ2v) is 3.88. The van der Waals surface area contributed by atoms with E-state index in [2.05, 4.69) is 0 Å². The molecule has 1 unspecified atom stereocenters. The van der Waals surface area contributed by atoms with Crippen molar-refractivity contribution in [3.8, 4) is 0 Å². The van der Waals surface area contributed by atoms with Gasteiger partial charge in [-0.05, 0) is 25.2 Å². The van der Waals surface area contributed by atoms with Crippen LogP contribution >= 0.6 is 0 Å². The Morgan fingerprint density at radius 1 is 1.46 bits per heavy atom. The van der Waals surface area contributed by atoms with Gasteiger partial charge in [-0.1, -0.05) is 13.3 Å². The van der Waals surface area contributed by atoms with Crippen molar-refractivity contribution in [3.05, 3.63) is 0 Å². The maximum atomic E-state index is 14.2. The number of rotatable bonds is 4. The summed E-state index contributed by atoms with van der Waals surface area (Å²) in [7, 11) is 0. The van der Waals surface area contributed by atoms with Crippen LogP contribution in [0.25, 0.3) is 0 Å². The van der Waals surface area contributed by atoms with Gasteiger partial charge in [0, 0.05) is 19.8 Å². The number of ether oxygens (including phenoxy) is 1. The molecule has 2 nitrogen and oxygen atoms in total. The lowest BCUT2D eigenvalue weighted by atomic mass is 9.80. The quantitative estimate of drug-likeness (QED) is 0.733. The fraction of sp³-hybridized carbons (Fsp3) is 1.00. The third-order valence-electron chi connectivity index (χ3n) is 2.96. The molecule has 1 atom stereocenters. The zero-order valence-corrected chi connectivity index (χ0v) is 8.39. The highest BCUT2D eigenvalue weighted by Gasteiger charge is 2.37. The van der Waals surface area contributed by atoms with Crippen molar-refractivity contribution in [3.63, 3.8) is 0 Å². The fourth-order valence-electron chi connectivity index (χ4n) is 2.10. The molecule has 0 aromatic rings. The average molecular weight is 189 g/mol. The van der Waals surface area contributed by atoms with Gasteiger partial charge in [0.15, 0.2) is 0 Å². The maximum Gasteiger partial charge on any atom is 0.126 e. The minimum Gasteiger partial charge on any atom is -0.381 e. The molecule has 0 radical (unpaired) electrons. The molecule has 78 valence electrons. The molecule has 0 aliphatic carbocycles.